The summed E-state index contributed by atoms with van der Waals surface area (Å²) in [5.41, 5.74) is -2.31. The molecule has 3 amide bonds. The van der Waals surface area contributed by atoms with Crippen molar-refractivity contribution >= 4 is 17.7 Å². The van der Waals surface area contributed by atoms with Crippen LogP contribution in [0.3, 0.4) is 0 Å². The van der Waals surface area contributed by atoms with Gasteiger partial charge in [0.1, 0.15) is 11.6 Å². The van der Waals surface area contributed by atoms with Crippen molar-refractivity contribution in [1.82, 2.24) is 19.6 Å². The quantitative estimate of drug-likeness (QED) is 0.420. The van der Waals surface area contributed by atoms with Gasteiger partial charge in [0.05, 0.1) is 43.3 Å². The van der Waals surface area contributed by atoms with Crippen LogP contribution in [0.15, 0.2) is 24.3 Å². The Bertz CT molecular complexity index is 1040. The molecule has 0 bridgehead atoms. The highest BCUT2D eigenvalue weighted by Crippen LogP contribution is 2.58. The van der Waals surface area contributed by atoms with Crippen LogP contribution >= 0.6 is 0 Å². The molecule has 0 aromatic carbocycles. The molecule has 10 nitrogen and oxygen atoms in total. The maximum Gasteiger partial charge on any atom is 0.249 e. The summed E-state index contributed by atoms with van der Waals surface area (Å²) in [4.78, 5) is 50.6. The summed E-state index contributed by atoms with van der Waals surface area (Å²) in [6, 6.07) is -1.50. The van der Waals surface area contributed by atoms with Crippen molar-refractivity contribution < 1.29 is 29.0 Å². The van der Waals surface area contributed by atoms with Crippen LogP contribution in [0.1, 0.15) is 40.5 Å². The minimum absolute atomic E-state index is 0.108. The predicted octanol–water partition coefficient (Wildman–Crippen LogP) is 0.903. The number of hydrogen-bond acceptors (Lipinski definition) is 7. The first-order valence-corrected chi connectivity index (χ1v) is 15.0. The van der Waals surface area contributed by atoms with Crippen LogP contribution in [0.5, 0.6) is 0 Å². The maximum absolute atomic E-state index is 14.5. The van der Waals surface area contributed by atoms with Crippen LogP contribution in [0, 0.1) is 17.8 Å². The molecular formula is C30H46N4O6. The van der Waals surface area contributed by atoms with Gasteiger partial charge in [0.2, 0.25) is 17.7 Å². The Labute approximate surface area is 237 Å². The molecule has 0 aromatic heterocycles. The fraction of sp³-hybridized carbons (Fsp3) is 0.767. The molecule has 40 heavy (non-hydrogen) atoms. The van der Waals surface area contributed by atoms with Gasteiger partial charge in [-0.2, -0.15) is 0 Å². The lowest BCUT2D eigenvalue weighted by Crippen LogP contribution is -2.59. The molecule has 5 aliphatic heterocycles. The second kappa shape index (κ2) is 11.5. The minimum atomic E-state index is -1.29. The van der Waals surface area contributed by atoms with Gasteiger partial charge in [-0.3, -0.25) is 19.3 Å². The number of likely N-dealkylation sites (tertiary alicyclic amines) is 1. The summed E-state index contributed by atoms with van der Waals surface area (Å²) in [7, 11) is 0. The van der Waals surface area contributed by atoms with Crippen molar-refractivity contribution in [2.45, 2.75) is 63.8 Å². The van der Waals surface area contributed by atoms with Crippen molar-refractivity contribution in [1.29, 1.82) is 0 Å². The number of rotatable bonds is 9. The average Bonchev–Trinajstić information content (AvgIpc) is 3.21. The number of morpholine rings is 1. The highest BCUT2D eigenvalue weighted by molar-refractivity contribution is 6.00. The van der Waals surface area contributed by atoms with Gasteiger partial charge in [0, 0.05) is 45.8 Å². The van der Waals surface area contributed by atoms with Gasteiger partial charge in [-0.1, -0.05) is 45.1 Å². The zero-order valence-corrected chi connectivity index (χ0v) is 24.5. The number of nitrogens with zero attached hydrogens (tertiary/aromatic N) is 4. The Kier molecular flexibility index (Phi) is 8.44. The SMILES string of the molecule is CCCN1CC=C[C@@]2(C)O[C@]34C=CCN(CCN5CCOCC5)C(=O)C3N([C@@H](CO)CC(C)C)C(=O)[C@@H]4[C@H]2C1=O. The molecule has 10 heteroatoms. The summed E-state index contributed by atoms with van der Waals surface area (Å²) in [6.45, 7) is 13.4. The van der Waals surface area contributed by atoms with E-state index in [4.69, 9.17) is 9.47 Å². The van der Waals surface area contributed by atoms with E-state index in [0.29, 0.717) is 52.4 Å². The molecule has 1 N–H and O–H groups in total. The first kappa shape index (κ1) is 29.2. The summed E-state index contributed by atoms with van der Waals surface area (Å²) in [5, 5.41) is 10.5. The zero-order valence-electron chi connectivity index (χ0n) is 24.5. The number of carbonyl (C=O) groups excluding carboxylic acids is 3. The van der Waals surface area contributed by atoms with Gasteiger partial charge < -0.3 is 29.3 Å². The number of ether oxygens (including phenoxy) is 2. The Morgan fingerprint density at radius 3 is 2.27 bits per heavy atom. The van der Waals surface area contributed by atoms with Gasteiger partial charge in [-0.05, 0) is 25.7 Å². The normalized spacial score (nSPS) is 35.2. The van der Waals surface area contributed by atoms with E-state index < -0.39 is 35.1 Å². The summed E-state index contributed by atoms with van der Waals surface area (Å²) < 4.78 is 12.4. The molecule has 0 saturated carbocycles. The van der Waals surface area contributed by atoms with Crippen molar-refractivity contribution in [2.24, 2.45) is 17.8 Å². The minimum Gasteiger partial charge on any atom is -0.394 e. The molecule has 5 aliphatic rings. The summed E-state index contributed by atoms with van der Waals surface area (Å²) in [6.07, 6.45) is 9.05. The Morgan fingerprint density at radius 2 is 1.62 bits per heavy atom. The van der Waals surface area contributed by atoms with Crippen LogP contribution < -0.4 is 0 Å². The number of aliphatic hydroxyl groups is 1. The Hall–Kier alpha value is -2.27. The second-order valence-corrected chi connectivity index (χ2v) is 12.5. The lowest BCUT2D eigenvalue weighted by Gasteiger charge is -2.40. The van der Waals surface area contributed by atoms with Gasteiger partial charge >= 0.3 is 0 Å². The fourth-order valence-corrected chi connectivity index (χ4v) is 7.53. The third kappa shape index (κ3) is 4.91. The van der Waals surface area contributed by atoms with Gasteiger partial charge in [0.25, 0.3) is 0 Å². The van der Waals surface area contributed by atoms with Crippen LogP contribution in [0.25, 0.3) is 0 Å². The Balaban J connectivity index is 1.55. The van der Waals surface area contributed by atoms with E-state index in [1.54, 1.807) is 14.7 Å². The highest BCUT2D eigenvalue weighted by atomic mass is 16.5. The van der Waals surface area contributed by atoms with Crippen LogP contribution in [-0.2, 0) is 23.9 Å². The van der Waals surface area contributed by atoms with Crippen molar-refractivity contribution in [3.63, 3.8) is 0 Å². The summed E-state index contributed by atoms with van der Waals surface area (Å²) >= 11 is 0. The molecule has 1 unspecified atom stereocenters. The topological polar surface area (TPSA) is 103 Å². The van der Waals surface area contributed by atoms with E-state index in [-0.39, 0.29) is 30.2 Å². The average molecular weight is 559 g/mol. The van der Waals surface area contributed by atoms with Crippen molar-refractivity contribution in [3.05, 3.63) is 24.3 Å². The highest BCUT2D eigenvalue weighted by Gasteiger charge is 2.75. The number of fused-ring (bicyclic) bond motifs is 2. The first-order chi connectivity index (χ1) is 19.2. The van der Waals surface area contributed by atoms with Gasteiger partial charge in [-0.25, -0.2) is 0 Å². The third-order valence-corrected chi connectivity index (χ3v) is 9.29. The zero-order chi connectivity index (χ0) is 28.7. The number of carbonyl (C=O) groups is 3. The molecular weight excluding hydrogens is 512 g/mol. The van der Waals surface area contributed by atoms with E-state index in [2.05, 4.69) is 4.90 Å². The standard InChI is InChI=1S/C30H46N4O6/c1-5-10-32-11-6-8-29(4)23(26(32)36)24-27(37)34(22(20-35)19-21(2)3)25-28(38)33(12-7-9-30(24,25)40-29)14-13-31-15-17-39-18-16-31/h6-9,21-25,35H,5,10-20H2,1-4H3/t22-,23+,24+,25?,29-,30+/m1/s1. The van der Waals surface area contributed by atoms with E-state index in [1.807, 2.05) is 52.0 Å². The predicted molar refractivity (Wildman–Crippen MR) is 149 cm³/mol. The van der Waals surface area contributed by atoms with Crippen LogP contribution in [-0.4, -0.2) is 131 Å². The molecule has 6 atom stereocenters. The molecule has 5 heterocycles. The van der Waals surface area contributed by atoms with E-state index in [1.165, 1.54) is 0 Å². The number of hydrogen-bond donors (Lipinski definition) is 1. The molecule has 1 spiro atoms. The number of aliphatic hydroxyl groups excluding tert-OH is 1. The van der Waals surface area contributed by atoms with E-state index >= 15 is 0 Å². The smallest absolute Gasteiger partial charge is 0.249 e. The van der Waals surface area contributed by atoms with Crippen LogP contribution in [0.2, 0.25) is 0 Å². The molecule has 3 fully saturated rings. The monoisotopic (exact) mass is 558 g/mol. The first-order valence-electron chi connectivity index (χ1n) is 15.0. The molecule has 0 aliphatic carbocycles. The second-order valence-electron chi connectivity index (χ2n) is 12.5. The van der Waals surface area contributed by atoms with Gasteiger partial charge in [0.15, 0.2) is 0 Å². The largest absolute Gasteiger partial charge is 0.394 e. The third-order valence-electron chi connectivity index (χ3n) is 9.29. The fourth-order valence-electron chi connectivity index (χ4n) is 7.53. The maximum atomic E-state index is 14.5. The van der Waals surface area contributed by atoms with Gasteiger partial charge in [-0.15, -0.1) is 0 Å². The molecule has 222 valence electrons. The Morgan fingerprint density at radius 1 is 0.950 bits per heavy atom. The summed E-state index contributed by atoms with van der Waals surface area (Å²) in [5.74, 6) is -1.97. The van der Waals surface area contributed by atoms with Crippen LogP contribution in [0.4, 0.5) is 0 Å². The molecule has 5 rings (SSSR count). The van der Waals surface area contributed by atoms with E-state index in [9.17, 15) is 19.5 Å². The van der Waals surface area contributed by atoms with Crippen molar-refractivity contribution in [3.8, 4) is 0 Å². The molecule has 0 radical (unpaired) electrons. The number of amides is 3. The lowest BCUT2D eigenvalue weighted by atomic mass is 9.74. The molecule has 0 aromatic rings. The van der Waals surface area contributed by atoms with E-state index in [0.717, 1.165) is 19.5 Å². The molecule has 3 saturated heterocycles. The van der Waals surface area contributed by atoms with Crippen molar-refractivity contribution in [2.75, 3.05) is 65.6 Å². The lowest BCUT2D eigenvalue weighted by molar-refractivity contribution is -0.156.